The van der Waals surface area contributed by atoms with Gasteiger partial charge in [0, 0.05) is 6.04 Å². The number of aromatic nitrogens is 1. The summed E-state index contributed by atoms with van der Waals surface area (Å²) in [6.07, 6.45) is 0.795. The minimum Gasteiger partial charge on any atom is -0.408 e. The molecule has 1 atom stereocenters. The molecule has 2 rings (SSSR count). The summed E-state index contributed by atoms with van der Waals surface area (Å²) in [4.78, 5) is 13.5. The van der Waals surface area contributed by atoms with Crippen LogP contribution >= 0.6 is 0 Å². The maximum Gasteiger partial charge on any atom is 0.417 e. The lowest BCUT2D eigenvalue weighted by Crippen LogP contribution is -2.17. The monoisotopic (exact) mass is 192 g/mol. The first-order valence-corrected chi connectivity index (χ1v) is 4.52. The molecule has 0 aliphatic rings. The number of fused-ring (bicyclic) bond motifs is 1. The van der Waals surface area contributed by atoms with Crippen molar-refractivity contribution >= 4 is 11.1 Å². The third-order valence-electron chi connectivity index (χ3n) is 2.04. The van der Waals surface area contributed by atoms with Crippen LogP contribution in [0.15, 0.2) is 27.4 Å². The summed E-state index contributed by atoms with van der Waals surface area (Å²) < 4.78 is 4.89. The molecule has 3 N–H and O–H groups in total. The van der Waals surface area contributed by atoms with E-state index in [0.717, 1.165) is 17.5 Å². The Bertz CT molecular complexity index is 496. The zero-order chi connectivity index (χ0) is 10.1. The van der Waals surface area contributed by atoms with Gasteiger partial charge in [-0.05, 0) is 31.0 Å². The minimum atomic E-state index is -0.419. The minimum absolute atomic E-state index is 0.117. The van der Waals surface area contributed by atoms with E-state index in [1.54, 1.807) is 6.07 Å². The molecule has 0 saturated heterocycles. The van der Waals surface area contributed by atoms with Crippen molar-refractivity contribution in [1.29, 1.82) is 0 Å². The number of nitrogens with one attached hydrogen (secondary N) is 1. The molecule has 0 amide bonds. The molecule has 1 aromatic carbocycles. The maximum atomic E-state index is 10.9. The highest BCUT2D eigenvalue weighted by molar-refractivity contribution is 5.72. The summed E-state index contributed by atoms with van der Waals surface area (Å²) in [7, 11) is 0. The van der Waals surface area contributed by atoms with E-state index in [0.29, 0.717) is 5.58 Å². The van der Waals surface area contributed by atoms with Gasteiger partial charge in [0.05, 0.1) is 5.52 Å². The number of oxazole rings is 1. The van der Waals surface area contributed by atoms with Gasteiger partial charge in [-0.15, -0.1) is 0 Å². The van der Waals surface area contributed by atoms with Crippen molar-refractivity contribution in [3.05, 3.63) is 34.3 Å². The average Bonchev–Trinajstić information content (AvgIpc) is 2.42. The van der Waals surface area contributed by atoms with E-state index < -0.39 is 5.76 Å². The van der Waals surface area contributed by atoms with Gasteiger partial charge in [-0.25, -0.2) is 4.79 Å². The zero-order valence-electron chi connectivity index (χ0n) is 7.91. The van der Waals surface area contributed by atoms with Crippen LogP contribution in [0.3, 0.4) is 0 Å². The third kappa shape index (κ3) is 1.70. The standard InChI is InChI=1S/C10H12N2O2/c1-6(11)4-7-2-3-9-8(5-7)12-10(13)14-9/h2-3,5-6H,4,11H2,1H3,(H,12,13). The molecule has 4 nitrogen and oxygen atoms in total. The molecule has 0 spiro atoms. The molecular weight excluding hydrogens is 180 g/mol. The number of H-pyrrole nitrogens is 1. The van der Waals surface area contributed by atoms with Gasteiger partial charge in [0.2, 0.25) is 0 Å². The Morgan fingerprint density at radius 3 is 3.07 bits per heavy atom. The fourth-order valence-electron chi connectivity index (χ4n) is 1.50. The quantitative estimate of drug-likeness (QED) is 0.745. The van der Waals surface area contributed by atoms with E-state index in [-0.39, 0.29) is 6.04 Å². The smallest absolute Gasteiger partial charge is 0.408 e. The van der Waals surface area contributed by atoms with Crippen molar-refractivity contribution in [2.45, 2.75) is 19.4 Å². The van der Waals surface area contributed by atoms with Gasteiger partial charge >= 0.3 is 5.76 Å². The fourth-order valence-corrected chi connectivity index (χ4v) is 1.50. The van der Waals surface area contributed by atoms with Crippen molar-refractivity contribution in [1.82, 2.24) is 4.98 Å². The van der Waals surface area contributed by atoms with Crippen LogP contribution in [0.4, 0.5) is 0 Å². The summed E-state index contributed by atoms with van der Waals surface area (Å²) in [6.45, 7) is 1.95. The van der Waals surface area contributed by atoms with Gasteiger partial charge in [-0.2, -0.15) is 0 Å². The second kappa shape index (κ2) is 3.31. The van der Waals surface area contributed by atoms with Crippen LogP contribution < -0.4 is 11.5 Å². The normalized spacial score (nSPS) is 13.3. The van der Waals surface area contributed by atoms with Crippen LogP contribution in [-0.2, 0) is 6.42 Å². The molecule has 1 unspecified atom stereocenters. The van der Waals surface area contributed by atoms with E-state index in [9.17, 15) is 4.79 Å². The lowest BCUT2D eigenvalue weighted by molar-refractivity contribution is 0.555. The SMILES string of the molecule is CC(N)Cc1ccc2oc(=O)[nH]c2c1. The summed E-state index contributed by atoms with van der Waals surface area (Å²) in [6, 6.07) is 5.71. The van der Waals surface area contributed by atoms with Crippen molar-refractivity contribution in [3.8, 4) is 0 Å². The van der Waals surface area contributed by atoms with E-state index in [1.807, 2.05) is 19.1 Å². The predicted molar refractivity (Wildman–Crippen MR) is 54.2 cm³/mol. The van der Waals surface area contributed by atoms with Crippen LogP contribution in [0.25, 0.3) is 11.1 Å². The molecule has 0 bridgehead atoms. The number of nitrogens with two attached hydrogens (primary N) is 1. The molecule has 74 valence electrons. The van der Waals surface area contributed by atoms with E-state index in [1.165, 1.54) is 0 Å². The van der Waals surface area contributed by atoms with Gasteiger partial charge in [0.1, 0.15) is 0 Å². The number of aromatic amines is 1. The fraction of sp³-hybridized carbons (Fsp3) is 0.300. The molecule has 4 heteroatoms. The number of hydrogen-bond acceptors (Lipinski definition) is 3. The van der Waals surface area contributed by atoms with Crippen LogP contribution in [0.1, 0.15) is 12.5 Å². The molecule has 0 aliphatic carbocycles. The summed E-state index contributed by atoms with van der Waals surface area (Å²) in [5, 5.41) is 0. The number of hydrogen-bond donors (Lipinski definition) is 2. The highest BCUT2D eigenvalue weighted by Crippen LogP contribution is 2.13. The largest absolute Gasteiger partial charge is 0.417 e. The topological polar surface area (TPSA) is 72.0 Å². The Kier molecular flexibility index (Phi) is 2.13. The highest BCUT2D eigenvalue weighted by atomic mass is 16.4. The van der Waals surface area contributed by atoms with Crippen LogP contribution in [0.5, 0.6) is 0 Å². The predicted octanol–water partition coefficient (Wildman–Crippen LogP) is 1.01. The molecular formula is C10H12N2O2. The van der Waals surface area contributed by atoms with Crippen LogP contribution in [-0.4, -0.2) is 11.0 Å². The Morgan fingerprint density at radius 2 is 2.36 bits per heavy atom. The summed E-state index contributed by atoms with van der Waals surface area (Å²) >= 11 is 0. The van der Waals surface area contributed by atoms with Gasteiger partial charge in [-0.1, -0.05) is 6.07 Å². The molecule has 0 saturated carbocycles. The van der Waals surface area contributed by atoms with E-state index in [2.05, 4.69) is 4.98 Å². The maximum absolute atomic E-state index is 10.9. The van der Waals surface area contributed by atoms with E-state index in [4.69, 9.17) is 10.2 Å². The molecule has 2 aromatic rings. The van der Waals surface area contributed by atoms with Crippen molar-refractivity contribution < 1.29 is 4.42 Å². The first-order valence-electron chi connectivity index (χ1n) is 4.52. The average molecular weight is 192 g/mol. The van der Waals surface area contributed by atoms with E-state index >= 15 is 0 Å². The molecule has 0 fully saturated rings. The Morgan fingerprint density at radius 1 is 1.57 bits per heavy atom. The Labute approximate surface area is 80.7 Å². The van der Waals surface area contributed by atoms with Crippen LogP contribution in [0.2, 0.25) is 0 Å². The van der Waals surface area contributed by atoms with Gasteiger partial charge < -0.3 is 10.2 Å². The first kappa shape index (κ1) is 9.02. The highest BCUT2D eigenvalue weighted by Gasteiger charge is 2.03. The zero-order valence-corrected chi connectivity index (χ0v) is 7.91. The Hall–Kier alpha value is -1.55. The molecule has 0 aliphatic heterocycles. The van der Waals surface area contributed by atoms with Crippen molar-refractivity contribution in [2.24, 2.45) is 5.73 Å². The van der Waals surface area contributed by atoms with Crippen molar-refractivity contribution in [3.63, 3.8) is 0 Å². The number of benzene rings is 1. The van der Waals surface area contributed by atoms with Crippen molar-refractivity contribution in [2.75, 3.05) is 0 Å². The summed E-state index contributed by atoms with van der Waals surface area (Å²) in [5.41, 5.74) is 8.10. The second-order valence-electron chi connectivity index (χ2n) is 3.53. The molecule has 1 heterocycles. The summed E-state index contributed by atoms with van der Waals surface area (Å²) in [5.74, 6) is -0.419. The van der Waals surface area contributed by atoms with Gasteiger partial charge in [0.15, 0.2) is 5.58 Å². The molecule has 0 radical (unpaired) electrons. The first-order chi connectivity index (χ1) is 6.65. The third-order valence-corrected chi connectivity index (χ3v) is 2.04. The van der Waals surface area contributed by atoms with Gasteiger partial charge in [-0.3, -0.25) is 4.98 Å². The van der Waals surface area contributed by atoms with Gasteiger partial charge in [0.25, 0.3) is 0 Å². The molecule has 1 aromatic heterocycles. The Balaban J connectivity index is 2.45. The lowest BCUT2D eigenvalue weighted by atomic mass is 10.1. The van der Waals surface area contributed by atoms with Crippen LogP contribution in [0, 0.1) is 0 Å². The lowest BCUT2D eigenvalue weighted by Gasteiger charge is -2.03. The molecule has 14 heavy (non-hydrogen) atoms. The second-order valence-corrected chi connectivity index (χ2v) is 3.53. The number of rotatable bonds is 2.